The van der Waals surface area contributed by atoms with Gasteiger partial charge in [-0.25, -0.2) is 4.39 Å². The molecular formula is C16H18F4N2O2. The summed E-state index contributed by atoms with van der Waals surface area (Å²) in [5.74, 6) is -1.71. The summed E-state index contributed by atoms with van der Waals surface area (Å²) in [5, 5.41) is 2.51. The number of likely N-dealkylation sites (tertiary alicyclic amines) is 1. The molecule has 4 nitrogen and oxygen atoms in total. The van der Waals surface area contributed by atoms with Crippen molar-refractivity contribution >= 4 is 11.6 Å². The van der Waals surface area contributed by atoms with Gasteiger partial charge in [0.25, 0.3) is 0 Å². The lowest BCUT2D eigenvalue weighted by Gasteiger charge is -2.46. The van der Waals surface area contributed by atoms with Crippen molar-refractivity contribution in [1.82, 2.24) is 4.90 Å². The van der Waals surface area contributed by atoms with Gasteiger partial charge in [-0.15, -0.1) is 0 Å². The van der Waals surface area contributed by atoms with Gasteiger partial charge in [-0.05, 0) is 37.5 Å². The van der Waals surface area contributed by atoms with Crippen LogP contribution >= 0.6 is 0 Å². The fourth-order valence-electron chi connectivity index (χ4n) is 3.19. The Kier molecular flexibility index (Phi) is 4.78. The van der Waals surface area contributed by atoms with Crippen molar-refractivity contribution in [1.29, 1.82) is 0 Å². The molecule has 2 saturated heterocycles. The molecule has 3 rings (SSSR count). The number of halogens is 4. The number of anilines is 1. The molecule has 2 aliphatic heterocycles. The van der Waals surface area contributed by atoms with E-state index in [2.05, 4.69) is 10.2 Å². The third kappa shape index (κ3) is 3.54. The smallest absolute Gasteiger partial charge is 0.381 e. The summed E-state index contributed by atoms with van der Waals surface area (Å²) in [5.41, 5.74) is -1.31. The Morgan fingerprint density at radius 1 is 1.21 bits per heavy atom. The molecule has 2 fully saturated rings. The number of nitrogens with zero attached hydrogens (tertiary/aromatic N) is 1. The van der Waals surface area contributed by atoms with Gasteiger partial charge >= 0.3 is 6.18 Å². The number of amides is 1. The predicted molar refractivity (Wildman–Crippen MR) is 79.0 cm³/mol. The van der Waals surface area contributed by atoms with E-state index in [9.17, 15) is 22.4 Å². The Morgan fingerprint density at radius 2 is 1.92 bits per heavy atom. The highest BCUT2D eigenvalue weighted by atomic mass is 19.4. The van der Waals surface area contributed by atoms with Crippen molar-refractivity contribution in [2.24, 2.45) is 0 Å². The topological polar surface area (TPSA) is 41.6 Å². The maximum absolute atomic E-state index is 13.6. The molecule has 0 bridgehead atoms. The van der Waals surface area contributed by atoms with Gasteiger partial charge in [0, 0.05) is 31.5 Å². The fraction of sp³-hybridized carbons (Fsp3) is 0.562. The minimum Gasteiger partial charge on any atom is -0.381 e. The standard InChI is InChI=1S/C16H18F4N2O2/c17-13-9-10(1-2-12(13)16(18,19)20)21-15(23)14-3-6-22(14)11-4-7-24-8-5-11/h1-2,9,11,14H,3-8H2,(H,21,23)/t14-/m0/s1. The Morgan fingerprint density at radius 3 is 2.46 bits per heavy atom. The normalized spacial score (nSPS) is 22.9. The maximum Gasteiger partial charge on any atom is 0.419 e. The van der Waals surface area contributed by atoms with Crippen molar-refractivity contribution in [3.05, 3.63) is 29.6 Å². The Labute approximate surface area is 136 Å². The van der Waals surface area contributed by atoms with E-state index < -0.39 is 17.6 Å². The molecule has 2 aliphatic rings. The molecule has 1 aromatic carbocycles. The molecule has 1 amide bonds. The predicted octanol–water partition coefficient (Wildman–Crippen LogP) is 3.04. The summed E-state index contributed by atoms with van der Waals surface area (Å²) in [6.45, 7) is 2.14. The summed E-state index contributed by atoms with van der Waals surface area (Å²) < 4.78 is 56.5. The van der Waals surface area contributed by atoms with Crippen molar-refractivity contribution in [2.45, 2.75) is 37.5 Å². The van der Waals surface area contributed by atoms with Crippen LogP contribution in [0.5, 0.6) is 0 Å². The van der Waals surface area contributed by atoms with Crippen LogP contribution in [0.25, 0.3) is 0 Å². The van der Waals surface area contributed by atoms with Gasteiger partial charge in [0.05, 0.1) is 11.6 Å². The highest BCUT2D eigenvalue weighted by Gasteiger charge is 2.39. The van der Waals surface area contributed by atoms with Gasteiger partial charge in [0.2, 0.25) is 5.91 Å². The number of ether oxygens (including phenoxy) is 1. The molecule has 0 aromatic heterocycles. The third-order valence-electron chi connectivity index (χ3n) is 4.57. The lowest BCUT2D eigenvalue weighted by atomic mass is 9.95. The van der Waals surface area contributed by atoms with E-state index >= 15 is 0 Å². The van der Waals surface area contributed by atoms with E-state index in [0.717, 1.165) is 25.5 Å². The number of benzene rings is 1. The number of hydrogen-bond acceptors (Lipinski definition) is 3. The zero-order valence-corrected chi connectivity index (χ0v) is 12.9. The zero-order valence-electron chi connectivity index (χ0n) is 12.9. The number of nitrogens with one attached hydrogen (secondary N) is 1. The van der Waals surface area contributed by atoms with Crippen LogP contribution in [-0.2, 0) is 15.7 Å². The van der Waals surface area contributed by atoms with E-state index in [1.165, 1.54) is 0 Å². The van der Waals surface area contributed by atoms with Crippen LogP contribution in [0.1, 0.15) is 24.8 Å². The van der Waals surface area contributed by atoms with Gasteiger partial charge in [-0.2, -0.15) is 13.2 Å². The molecule has 2 heterocycles. The van der Waals surface area contributed by atoms with E-state index in [0.29, 0.717) is 31.8 Å². The molecule has 1 N–H and O–H groups in total. The average Bonchev–Trinajstić information content (AvgIpc) is 2.45. The monoisotopic (exact) mass is 346 g/mol. The largest absolute Gasteiger partial charge is 0.419 e. The minimum atomic E-state index is -4.75. The molecule has 0 saturated carbocycles. The van der Waals surface area contributed by atoms with Crippen LogP contribution in [0.3, 0.4) is 0 Å². The van der Waals surface area contributed by atoms with E-state index in [1.807, 2.05) is 0 Å². The second kappa shape index (κ2) is 6.68. The van der Waals surface area contributed by atoms with Crippen LogP contribution in [-0.4, -0.2) is 42.6 Å². The number of carbonyl (C=O) groups is 1. The highest BCUT2D eigenvalue weighted by molar-refractivity contribution is 5.95. The Bertz CT molecular complexity index is 615. The molecular weight excluding hydrogens is 328 g/mol. The fourth-order valence-corrected chi connectivity index (χ4v) is 3.19. The van der Waals surface area contributed by atoms with Crippen LogP contribution in [0.4, 0.5) is 23.2 Å². The molecule has 132 valence electrons. The van der Waals surface area contributed by atoms with Gasteiger partial charge in [-0.1, -0.05) is 0 Å². The lowest BCUT2D eigenvalue weighted by Crippen LogP contribution is -2.59. The third-order valence-corrected chi connectivity index (χ3v) is 4.57. The molecule has 0 radical (unpaired) electrons. The maximum atomic E-state index is 13.6. The average molecular weight is 346 g/mol. The SMILES string of the molecule is O=C(Nc1ccc(C(F)(F)F)c(F)c1)[C@@H]1CCN1C1CCOCC1. The van der Waals surface area contributed by atoms with Gasteiger partial charge in [-0.3, -0.25) is 9.69 Å². The van der Waals surface area contributed by atoms with Crippen LogP contribution in [0.15, 0.2) is 18.2 Å². The van der Waals surface area contributed by atoms with Crippen LogP contribution in [0.2, 0.25) is 0 Å². The van der Waals surface area contributed by atoms with Crippen molar-refractivity contribution in [2.75, 3.05) is 25.1 Å². The van der Waals surface area contributed by atoms with Crippen LogP contribution in [0, 0.1) is 5.82 Å². The van der Waals surface area contributed by atoms with Gasteiger partial charge in [0.1, 0.15) is 5.82 Å². The second-order valence-electron chi connectivity index (χ2n) is 6.07. The number of rotatable bonds is 3. The summed E-state index contributed by atoms with van der Waals surface area (Å²) in [6.07, 6.45) is -2.34. The van der Waals surface area contributed by atoms with Crippen molar-refractivity contribution in [3.63, 3.8) is 0 Å². The molecule has 8 heteroatoms. The van der Waals surface area contributed by atoms with Crippen molar-refractivity contribution < 1.29 is 27.1 Å². The summed E-state index contributed by atoms with van der Waals surface area (Å²) >= 11 is 0. The molecule has 24 heavy (non-hydrogen) atoms. The first-order valence-corrected chi connectivity index (χ1v) is 7.87. The Hall–Kier alpha value is -1.67. The number of carbonyl (C=O) groups excluding carboxylic acids is 1. The second-order valence-corrected chi connectivity index (χ2v) is 6.07. The van der Waals surface area contributed by atoms with Crippen LogP contribution < -0.4 is 5.32 Å². The molecule has 0 unspecified atom stereocenters. The number of hydrogen-bond donors (Lipinski definition) is 1. The highest BCUT2D eigenvalue weighted by Crippen LogP contribution is 2.33. The Balaban J connectivity index is 1.63. The molecule has 0 spiro atoms. The quantitative estimate of drug-likeness (QED) is 0.856. The lowest BCUT2D eigenvalue weighted by molar-refractivity contribution is -0.140. The zero-order chi connectivity index (χ0) is 17.3. The molecule has 1 atom stereocenters. The van der Waals surface area contributed by atoms with Crippen molar-refractivity contribution in [3.8, 4) is 0 Å². The summed E-state index contributed by atoms with van der Waals surface area (Å²) in [6, 6.07) is 2.38. The van der Waals surface area contributed by atoms with E-state index in [-0.39, 0.29) is 23.7 Å². The summed E-state index contributed by atoms with van der Waals surface area (Å²) in [7, 11) is 0. The first kappa shape index (κ1) is 17.2. The van der Waals surface area contributed by atoms with E-state index in [1.54, 1.807) is 0 Å². The molecule has 0 aliphatic carbocycles. The first-order chi connectivity index (χ1) is 11.4. The van der Waals surface area contributed by atoms with Gasteiger partial charge in [0.15, 0.2) is 0 Å². The first-order valence-electron chi connectivity index (χ1n) is 7.87. The summed E-state index contributed by atoms with van der Waals surface area (Å²) in [4.78, 5) is 14.4. The van der Waals surface area contributed by atoms with E-state index in [4.69, 9.17) is 4.74 Å². The number of alkyl halides is 3. The minimum absolute atomic E-state index is 0.0318. The molecule has 1 aromatic rings. The van der Waals surface area contributed by atoms with Gasteiger partial charge < -0.3 is 10.1 Å².